The maximum atomic E-state index is 11.5. The van der Waals surface area contributed by atoms with Gasteiger partial charge in [-0.2, -0.15) is 4.99 Å². The third-order valence-electron chi connectivity index (χ3n) is 3.78. The van der Waals surface area contributed by atoms with E-state index in [1.165, 1.54) is 38.5 Å². The Hall–Kier alpha value is -4.21. The van der Waals surface area contributed by atoms with E-state index >= 15 is 0 Å². The molecule has 0 unspecified atom stereocenters. The summed E-state index contributed by atoms with van der Waals surface area (Å²) in [5, 5.41) is 17.6. The second kappa shape index (κ2) is 15.7. The average molecular weight is 577 g/mol. The molecule has 15 nitrogen and oxygen atoms in total. The summed E-state index contributed by atoms with van der Waals surface area (Å²) in [6, 6.07) is 2.34. The number of carbonyl (C=O) groups is 1. The Morgan fingerprint density at radius 3 is 1.76 bits per heavy atom. The van der Waals surface area contributed by atoms with Crippen molar-refractivity contribution in [3.63, 3.8) is 0 Å². The van der Waals surface area contributed by atoms with Crippen LogP contribution in [0, 0.1) is 13.8 Å². The molecule has 17 heteroatoms. The molecule has 3 rings (SSSR count). The van der Waals surface area contributed by atoms with E-state index in [0.717, 1.165) is 17.4 Å². The number of rotatable bonds is 2. The maximum absolute atomic E-state index is 11.5. The Kier molecular flexibility index (Phi) is 13.9. The first-order chi connectivity index (χ1) is 17.3. The zero-order valence-electron chi connectivity index (χ0n) is 20.0. The van der Waals surface area contributed by atoms with E-state index in [9.17, 15) is 14.4 Å². The van der Waals surface area contributed by atoms with Gasteiger partial charge >= 0.3 is 27.0 Å². The van der Waals surface area contributed by atoms with Crippen molar-refractivity contribution in [1.29, 1.82) is 0 Å². The number of anilines is 2. The van der Waals surface area contributed by atoms with Crippen LogP contribution in [0.3, 0.4) is 0 Å². The molecule has 0 saturated carbocycles. The van der Waals surface area contributed by atoms with Gasteiger partial charge in [-0.1, -0.05) is 11.6 Å². The summed E-state index contributed by atoms with van der Waals surface area (Å²) < 4.78 is 17.6. The third kappa shape index (κ3) is 10.5. The molecule has 8 N–H and O–H groups in total. The zero-order valence-corrected chi connectivity index (χ0v) is 22.2. The molecule has 199 valence electrons. The fourth-order valence-electron chi connectivity index (χ4n) is 2.04. The molecule has 0 aliphatic heterocycles. The molecular weight excluding hydrogens is 553 g/mol. The molecule has 3 aromatic heterocycles. The van der Waals surface area contributed by atoms with Crippen LogP contribution in [0.1, 0.15) is 22.0 Å². The van der Waals surface area contributed by atoms with Gasteiger partial charge in [0.25, 0.3) is 0 Å². The first-order valence-corrected chi connectivity index (χ1v) is 10.6. The van der Waals surface area contributed by atoms with Crippen molar-refractivity contribution in [2.75, 3.05) is 24.7 Å². The van der Waals surface area contributed by atoms with E-state index in [-0.39, 0.29) is 45.6 Å². The summed E-state index contributed by atoms with van der Waals surface area (Å²) >= 11 is 6.91. The second-order valence-corrected chi connectivity index (χ2v) is 7.05. The number of nitrogen functional groups attached to an aromatic ring is 1. The summed E-state index contributed by atoms with van der Waals surface area (Å²) in [5.41, 5.74) is 14.7. The van der Waals surface area contributed by atoms with E-state index in [1.54, 1.807) is 19.0 Å². The van der Waals surface area contributed by atoms with Gasteiger partial charge in [0.05, 0.1) is 12.5 Å². The number of hydrogen-bond donors (Lipinski definition) is 5. The number of guanidine groups is 1. The van der Waals surface area contributed by atoms with E-state index in [0.29, 0.717) is 5.82 Å². The van der Waals surface area contributed by atoms with E-state index in [1.807, 2.05) is 0 Å². The van der Waals surface area contributed by atoms with Gasteiger partial charge in [0.1, 0.15) is 11.5 Å². The minimum absolute atomic E-state index is 0.0401. The Balaban J connectivity index is 0.000000548. The number of nitrogens with zero attached hydrogens (tertiary/aromatic N) is 4. The van der Waals surface area contributed by atoms with Crippen LogP contribution in [-0.4, -0.2) is 46.1 Å². The predicted octanol–water partition coefficient (Wildman–Crippen LogP) is 0.378. The molecule has 0 saturated heterocycles. The standard InChI is InChI=1S/C8H12ClN7O.2C6H6O3.O.V/c1-16(2)6-4(9)13-3(5(10)14-6)7(17)15-8(11)12;2*1-4-6(8)5(7)2-3-9-4;;/h1-2H3,(H2,10,14)(H4,11,12,15,17);2*2-3,8H,1H3;;. The normalized spacial score (nSPS) is 9.19. The average Bonchev–Trinajstić information content (AvgIpc) is 2.83. The van der Waals surface area contributed by atoms with Gasteiger partial charge in [-0.15, -0.1) is 0 Å². The van der Waals surface area contributed by atoms with Crippen LogP contribution < -0.4 is 33.0 Å². The van der Waals surface area contributed by atoms with Crippen molar-refractivity contribution in [3.8, 4) is 11.5 Å². The summed E-state index contributed by atoms with van der Waals surface area (Å²) in [6.45, 7) is 3.05. The number of halogens is 1. The number of aromatic hydroxyl groups is 2. The molecule has 3 aromatic rings. The molecule has 0 aliphatic carbocycles. The Labute approximate surface area is 223 Å². The van der Waals surface area contributed by atoms with Crippen LogP contribution in [0.25, 0.3) is 0 Å². The van der Waals surface area contributed by atoms with Crippen molar-refractivity contribution < 1.29 is 44.9 Å². The number of carbonyl (C=O) groups excluding carboxylic acids is 1. The van der Waals surface area contributed by atoms with Crippen molar-refractivity contribution >= 4 is 35.1 Å². The second-order valence-electron chi connectivity index (χ2n) is 6.69. The minimum atomic E-state index is -0.790. The first-order valence-electron chi connectivity index (χ1n) is 9.63. The number of aliphatic imine (C=N–C) groups is 1. The molecule has 3 heterocycles. The molecule has 0 bridgehead atoms. The summed E-state index contributed by atoms with van der Waals surface area (Å²) in [5.74, 6) is -1.02. The molecule has 1 amide bonds. The van der Waals surface area contributed by atoms with E-state index in [2.05, 4.69) is 23.8 Å². The zero-order chi connectivity index (χ0) is 28.9. The molecule has 0 aliphatic rings. The van der Waals surface area contributed by atoms with Gasteiger partial charge < -0.3 is 41.1 Å². The van der Waals surface area contributed by atoms with Crippen molar-refractivity contribution in [3.05, 3.63) is 67.5 Å². The topological polar surface area (TPSA) is 254 Å². The van der Waals surface area contributed by atoms with Crippen LogP contribution in [0.4, 0.5) is 11.6 Å². The van der Waals surface area contributed by atoms with E-state index < -0.39 is 16.8 Å². The van der Waals surface area contributed by atoms with Crippen molar-refractivity contribution in [2.45, 2.75) is 13.8 Å². The predicted molar refractivity (Wildman–Crippen MR) is 129 cm³/mol. The van der Waals surface area contributed by atoms with Crippen LogP contribution in [0.15, 0.2) is 48.1 Å². The van der Waals surface area contributed by atoms with Gasteiger partial charge in [0.2, 0.25) is 22.4 Å². The number of hydrogen-bond acceptors (Lipinski definition) is 12. The fraction of sp³-hybridized carbons (Fsp3) is 0.200. The van der Waals surface area contributed by atoms with Crippen LogP contribution in [0.2, 0.25) is 5.15 Å². The van der Waals surface area contributed by atoms with Crippen molar-refractivity contribution in [1.82, 2.24) is 9.97 Å². The van der Waals surface area contributed by atoms with Gasteiger partial charge in [-0.25, -0.2) is 9.97 Å². The number of aromatic nitrogens is 2. The Morgan fingerprint density at radius 1 is 1.00 bits per heavy atom. The summed E-state index contributed by atoms with van der Waals surface area (Å²) in [7, 11) is 3.43. The van der Waals surface area contributed by atoms with Crippen LogP contribution in [0.5, 0.6) is 11.5 Å². The van der Waals surface area contributed by atoms with Gasteiger partial charge in [-0.05, 0) is 13.8 Å². The number of nitrogens with two attached hydrogens (primary N) is 3. The molecule has 0 fully saturated rings. The SMILES string of the molecule is CN(C)c1nc(N)c(C(=O)N=C(N)N)nc1Cl.Cc1occc(=O)c1O.Cc1occc(=O)c1O.[O]=[V]. The quantitative estimate of drug-likeness (QED) is 0.204. The fourth-order valence-corrected chi connectivity index (χ4v) is 2.34. The monoisotopic (exact) mass is 576 g/mol. The third-order valence-corrected chi connectivity index (χ3v) is 4.04. The van der Waals surface area contributed by atoms with E-state index in [4.69, 9.17) is 42.7 Å². The van der Waals surface area contributed by atoms with Gasteiger partial charge in [0.15, 0.2) is 28.4 Å². The Morgan fingerprint density at radius 2 is 1.43 bits per heavy atom. The molecule has 0 spiro atoms. The molecule has 0 atom stereocenters. The summed E-state index contributed by atoms with van der Waals surface area (Å²) in [6.07, 6.45) is 2.49. The first kappa shape index (κ1) is 32.8. The van der Waals surface area contributed by atoms with Gasteiger partial charge in [-0.3, -0.25) is 14.4 Å². The molecular formula is C20H24ClN7O8V. The summed E-state index contributed by atoms with van der Waals surface area (Å²) in [4.78, 5) is 45.2. The number of amides is 1. The number of aryl methyl sites for hydroxylation is 2. The molecule has 37 heavy (non-hydrogen) atoms. The molecule has 0 aromatic carbocycles. The van der Waals surface area contributed by atoms with Gasteiger partial charge in [0, 0.05) is 26.2 Å². The Bertz CT molecular complexity index is 1300. The van der Waals surface area contributed by atoms with Crippen molar-refractivity contribution in [2.24, 2.45) is 16.5 Å². The van der Waals surface area contributed by atoms with Crippen LogP contribution >= 0.6 is 11.6 Å². The van der Waals surface area contributed by atoms with Crippen LogP contribution in [-0.2, 0) is 21.0 Å². The molecule has 0 radical (unpaired) electrons.